The number of nitrogen functional groups attached to an aromatic ring is 1. The highest BCUT2D eigenvalue weighted by Crippen LogP contribution is 2.23. The second-order valence-electron chi connectivity index (χ2n) is 3.98. The summed E-state index contributed by atoms with van der Waals surface area (Å²) in [6.45, 7) is 3.21. The Morgan fingerprint density at radius 2 is 2.29 bits per heavy atom. The molecule has 3 N–H and O–H groups in total. The van der Waals surface area contributed by atoms with E-state index < -0.39 is 0 Å². The average Bonchev–Trinajstić information content (AvgIpc) is 2.27. The van der Waals surface area contributed by atoms with Gasteiger partial charge < -0.3 is 5.73 Å². The molecule has 0 radical (unpaired) electrons. The topological polar surface area (TPSA) is 41.3 Å². The number of likely N-dealkylation sites (N-methyl/N-ethyl adjacent to an activating group) is 1. The summed E-state index contributed by atoms with van der Waals surface area (Å²) in [5, 5.41) is 2.14. The van der Waals surface area contributed by atoms with Crippen LogP contribution in [-0.4, -0.2) is 18.6 Å². The van der Waals surface area contributed by atoms with Gasteiger partial charge in [-0.15, -0.1) is 0 Å². The van der Waals surface area contributed by atoms with Crippen LogP contribution in [0.1, 0.15) is 24.1 Å². The van der Waals surface area contributed by atoms with Gasteiger partial charge in [-0.1, -0.05) is 6.07 Å². The lowest BCUT2D eigenvalue weighted by atomic mass is 9.99. The normalized spacial score (nSPS) is 22.9. The molecule has 0 saturated heterocycles. The molecule has 0 fully saturated rings. The van der Waals surface area contributed by atoms with E-state index in [2.05, 4.69) is 36.5 Å². The van der Waals surface area contributed by atoms with Gasteiger partial charge in [0.1, 0.15) is 0 Å². The van der Waals surface area contributed by atoms with Crippen molar-refractivity contribution >= 4 is 5.69 Å². The van der Waals surface area contributed by atoms with Gasteiger partial charge in [-0.25, -0.2) is 10.4 Å². The van der Waals surface area contributed by atoms with Crippen LogP contribution >= 0.6 is 0 Å². The smallest absolute Gasteiger partial charge is 0.0439 e. The van der Waals surface area contributed by atoms with Crippen molar-refractivity contribution in [2.75, 3.05) is 19.3 Å². The largest absolute Gasteiger partial charge is 0.399 e. The van der Waals surface area contributed by atoms with E-state index in [-0.39, 0.29) is 0 Å². The Morgan fingerprint density at radius 1 is 1.50 bits per heavy atom. The third-order valence-corrected chi connectivity index (χ3v) is 2.77. The number of anilines is 1. The van der Waals surface area contributed by atoms with Crippen LogP contribution in [0, 0.1) is 0 Å². The van der Waals surface area contributed by atoms with Crippen molar-refractivity contribution in [2.24, 2.45) is 0 Å². The van der Waals surface area contributed by atoms with E-state index in [0.717, 1.165) is 18.7 Å². The molecule has 1 atom stereocenters. The zero-order valence-electron chi connectivity index (χ0n) is 8.75. The molecule has 0 aliphatic carbocycles. The first-order valence-electron chi connectivity index (χ1n) is 5.02. The highest BCUT2D eigenvalue weighted by Gasteiger charge is 2.16. The zero-order chi connectivity index (χ0) is 10.1. The lowest BCUT2D eigenvalue weighted by molar-refractivity contribution is 0.216. The Labute approximate surface area is 84.9 Å². The molecule has 14 heavy (non-hydrogen) atoms. The third kappa shape index (κ3) is 1.74. The number of nitrogens with two attached hydrogens (primary N) is 1. The highest BCUT2D eigenvalue weighted by atomic mass is 15.5. The van der Waals surface area contributed by atoms with Crippen LogP contribution in [0.2, 0.25) is 0 Å². The first-order valence-corrected chi connectivity index (χ1v) is 5.02. The van der Waals surface area contributed by atoms with E-state index >= 15 is 0 Å². The first-order chi connectivity index (χ1) is 6.66. The Morgan fingerprint density at radius 3 is 3.07 bits per heavy atom. The van der Waals surface area contributed by atoms with Crippen molar-refractivity contribution in [2.45, 2.75) is 19.4 Å². The number of rotatable bonds is 0. The van der Waals surface area contributed by atoms with Crippen molar-refractivity contribution in [3.63, 3.8) is 0 Å². The SMILES string of the molecule is CC1NN(C)CCc2ccc(N)cc21. The highest BCUT2D eigenvalue weighted by molar-refractivity contribution is 5.46. The minimum Gasteiger partial charge on any atom is -0.399 e. The maximum Gasteiger partial charge on any atom is 0.0439 e. The summed E-state index contributed by atoms with van der Waals surface area (Å²) in [5.74, 6) is 0. The summed E-state index contributed by atoms with van der Waals surface area (Å²) in [6, 6.07) is 6.55. The third-order valence-electron chi connectivity index (χ3n) is 2.77. The number of hydrazine groups is 1. The molecule has 0 saturated carbocycles. The van der Waals surface area contributed by atoms with Gasteiger partial charge in [0.15, 0.2) is 0 Å². The predicted octanol–water partition coefficient (Wildman–Crippen LogP) is 1.32. The molecule has 1 aromatic rings. The summed E-state index contributed by atoms with van der Waals surface area (Å²) < 4.78 is 0. The number of benzene rings is 1. The van der Waals surface area contributed by atoms with E-state index in [0.29, 0.717) is 6.04 Å². The number of hydrogen-bond acceptors (Lipinski definition) is 3. The van der Waals surface area contributed by atoms with Crippen molar-refractivity contribution in [1.29, 1.82) is 0 Å². The molecule has 0 aromatic heterocycles. The summed E-state index contributed by atoms with van der Waals surface area (Å²) in [4.78, 5) is 0. The van der Waals surface area contributed by atoms with Crippen LogP contribution in [0.15, 0.2) is 18.2 Å². The van der Waals surface area contributed by atoms with Gasteiger partial charge >= 0.3 is 0 Å². The standard InChI is InChI=1S/C11H17N3/c1-8-11-7-10(12)4-3-9(11)5-6-14(2)13-8/h3-4,7-8,13H,5-6,12H2,1-2H3. The molecular weight excluding hydrogens is 174 g/mol. The number of nitrogens with zero attached hydrogens (tertiary/aromatic N) is 1. The Bertz CT molecular complexity index is 335. The summed E-state index contributed by atoms with van der Waals surface area (Å²) in [6.07, 6.45) is 1.09. The zero-order valence-corrected chi connectivity index (χ0v) is 8.75. The van der Waals surface area contributed by atoms with Gasteiger partial charge in [-0.3, -0.25) is 0 Å². The average molecular weight is 191 g/mol. The minimum absolute atomic E-state index is 0.348. The second-order valence-corrected chi connectivity index (χ2v) is 3.98. The van der Waals surface area contributed by atoms with Crippen LogP contribution in [0.5, 0.6) is 0 Å². The van der Waals surface area contributed by atoms with E-state index in [9.17, 15) is 0 Å². The van der Waals surface area contributed by atoms with Gasteiger partial charge in [-0.2, -0.15) is 0 Å². The van der Waals surface area contributed by atoms with E-state index in [4.69, 9.17) is 5.73 Å². The van der Waals surface area contributed by atoms with Gasteiger partial charge in [0.25, 0.3) is 0 Å². The first kappa shape index (κ1) is 9.49. The number of hydrogen-bond donors (Lipinski definition) is 2. The molecule has 1 aliphatic heterocycles. The fourth-order valence-corrected chi connectivity index (χ4v) is 2.00. The fourth-order valence-electron chi connectivity index (χ4n) is 2.00. The minimum atomic E-state index is 0.348. The van der Waals surface area contributed by atoms with Crippen LogP contribution in [0.4, 0.5) is 5.69 Å². The molecule has 1 unspecified atom stereocenters. The van der Waals surface area contributed by atoms with Crippen molar-refractivity contribution < 1.29 is 0 Å². The second kappa shape index (κ2) is 3.59. The summed E-state index contributed by atoms with van der Waals surface area (Å²) in [7, 11) is 2.08. The van der Waals surface area contributed by atoms with Gasteiger partial charge in [0.05, 0.1) is 0 Å². The maximum atomic E-state index is 5.79. The van der Waals surface area contributed by atoms with Crippen molar-refractivity contribution in [1.82, 2.24) is 10.4 Å². The lowest BCUT2D eigenvalue weighted by Gasteiger charge is -2.19. The van der Waals surface area contributed by atoms with Crippen LogP contribution in [0.3, 0.4) is 0 Å². The molecule has 1 aromatic carbocycles. The summed E-state index contributed by atoms with van der Waals surface area (Å²) in [5.41, 5.74) is 12.8. The Hall–Kier alpha value is -1.06. The molecule has 76 valence electrons. The fraction of sp³-hybridized carbons (Fsp3) is 0.455. The van der Waals surface area contributed by atoms with Gasteiger partial charge in [-0.05, 0) is 36.6 Å². The quantitative estimate of drug-likeness (QED) is 0.608. The van der Waals surface area contributed by atoms with Crippen LogP contribution < -0.4 is 11.2 Å². The molecule has 3 nitrogen and oxygen atoms in total. The summed E-state index contributed by atoms with van der Waals surface area (Å²) >= 11 is 0. The molecule has 1 heterocycles. The number of nitrogens with one attached hydrogen (secondary N) is 1. The van der Waals surface area contributed by atoms with E-state index in [1.807, 2.05) is 6.07 Å². The van der Waals surface area contributed by atoms with Gasteiger partial charge in [0.2, 0.25) is 0 Å². The molecule has 3 heteroatoms. The number of fused-ring (bicyclic) bond motifs is 1. The van der Waals surface area contributed by atoms with E-state index in [1.54, 1.807) is 0 Å². The van der Waals surface area contributed by atoms with Crippen LogP contribution in [-0.2, 0) is 6.42 Å². The molecule has 2 rings (SSSR count). The molecule has 0 amide bonds. The molecule has 0 bridgehead atoms. The molecular formula is C11H17N3. The van der Waals surface area contributed by atoms with Crippen molar-refractivity contribution in [3.05, 3.63) is 29.3 Å². The van der Waals surface area contributed by atoms with Crippen molar-refractivity contribution in [3.8, 4) is 0 Å². The van der Waals surface area contributed by atoms with E-state index in [1.165, 1.54) is 11.1 Å². The maximum absolute atomic E-state index is 5.79. The van der Waals surface area contributed by atoms with Gasteiger partial charge in [0, 0.05) is 25.3 Å². The monoisotopic (exact) mass is 191 g/mol. The Balaban J connectivity index is 2.39. The Kier molecular flexibility index (Phi) is 2.44. The molecule has 1 aliphatic rings. The lowest BCUT2D eigenvalue weighted by Crippen LogP contribution is -2.35. The molecule has 0 spiro atoms. The predicted molar refractivity (Wildman–Crippen MR) is 58.7 cm³/mol. The van der Waals surface area contributed by atoms with Crippen LogP contribution in [0.25, 0.3) is 0 Å².